The Morgan fingerprint density at radius 1 is 0.826 bits per heavy atom. The first kappa shape index (κ1) is 19.4. The predicted molar refractivity (Wildman–Crippen MR) is 94.0 cm³/mol. The van der Waals surface area contributed by atoms with Gasteiger partial charge in [0.25, 0.3) is 0 Å². The Morgan fingerprint density at radius 3 is 2.09 bits per heavy atom. The van der Waals surface area contributed by atoms with Crippen LogP contribution in [0.1, 0.15) is 87.1 Å². The summed E-state index contributed by atoms with van der Waals surface area (Å²) in [6, 6.07) is 7.92. The third kappa shape index (κ3) is 9.17. The van der Waals surface area contributed by atoms with Gasteiger partial charge in [0.1, 0.15) is 0 Å². The molecule has 0 heterocycles. The fraction of sp³-hybridized carbons (Fsp3) is 0.600. The van der Waals surface area contributed by atoms with Gasteiger partial charge in [-0.2, -0.15) is 0 Å². The van der Waals surface area contributed by atoms with E-state index in [1.807, 2.05) is 12.1 Å². The van der Waals surface area contributed by atoms with Crippen LogP contribution >= 0.6 is 0 Å². The Balaban J connectivity index is 2.24. The van der Waals surface area contributed by atoms with Gasteiger partial charge in [-0.05, 0) is 31.2 Å². The summed E-state index contributed by atoms with van der Waals surface area (Å²) >= 11 is 0. The molecule has 1 aromatic carbocycles. The zero-order valence-corrected chi connectivity index (χ0v) is 14.4. The molecular weight excluding hydrogens is 288 g/mol. The van der Waals surface area contributed by atoms with Crippen molar-refractivity contribution in [2.24, 2.45) is 0 Å². The molecular formula is C20H30O3. The lowest BCUT2D eigenvalue weighted by Crippen LogP contribution is -2.01. The van der Waals surface area contributed by atoms with Crippen LogP contribution in [-0.4, -0.2) is 16.9 Å². The molecule has 0 aromatic heterocycles. The number of Topliss-reactive ketones (excluding diaryl/α,β-unsaturated/α-hetero) is 1. The maximum atomic E-state index is 12.0. The quantitative estimate of drug-likeness (QED) is 0.390. The largest absolute Gasteiger partial charge is 0.481 e. The summed E-state index contributed by atoms with van der Waals surface area (Å²) in [5.41, 5.74) is 2.04. The van der Waals surface area contributed by atoms with Crippen LogP contribution in [0.4, 0.5) is 0 Å². The van der Waals surface area contributed by atoms with Gasteiger partial charge in [0.15, 0.2) is 5.78 Å². The van der Waals surface area contributed by atoms with E-state index >= 15 is 0 Å². The Hall–Kier alpha value is -1.64. The number of unbranched alkanes of at least 4 members (excludes halogenated alkanes) is 6. The molecule has 0 unspecified atom stereocenters. The second kappa shape index (κ2) is 11.9. The molecule has 1 rings (SSSR count). The van der Waals surface area contributed by atoms with E-state index in [0.717, 1.165) is 12.0 Å². The first-order chi connectivity index (χ1) is 11.1. The number of carboxylic acid groups (broad SMARTS) is 1. The number of rotatable bonds is 13. The zero-order valence-electron chi connectivity index (χ0n) is 14.4. The Bertz CT molecular complexity index is 462. The lowest BCUT2D eigenvalue weighted by molar-refractivity contribution is -0.137. The number of carboxylic acids is 1. The van der Waals surface area contributed by atoms with Gasteiger partial charge in [-0.25, -0.2) is 0 Å². The van der Waals surface area contributed by atoms with Crippen molar-refractivity contribution in [2.75, 3.05) is 0 Å². The number of ketones is 1. The summed E-state index contributed by atoms with van der Waals surface area (Å²) in [5.74, 6) is -0.682. The molecule has 1 aromatic rings. The van der Waals surface area contributed by atoms with Gasteiger partial charge in [0.2, 0.25) is 0 Å². The second-order valence-electron chi connectivity index (χ2n) is 6.24. The van der Waals surface area contributed by atoms with E-state index in [2.05, 4.69) is 19.1 Å². The van der Waals surface area contributed by atoms with Crippen LogP contribution in [0, 0.1) is 0 Å². The van der Waals surface area contributed by atoms with Crippen molar-refractivity contribution in [1.82, 2.24) is 0 Å². The highest BCUT2D eigenvalue weighted by atomic mass is 16.4. The van der Waals surface area contributed by atoms with Crippen molar-refractivity contribution < 1.29 is 14.7 Å². The van der Waals surface area contributed by atoms with Gasteiger partial charge in [0.05, 0.1) is 0 Å². The fourth-order valence-corrected chi connectivity index (χ4v) is 2.67. The maximum Gasteiger partial charge on any atom is 0.303 e. The number of carbonyl (C=O) groups excluding carboxylic acids is 1. The number of hydrogen-bond donors (Lipinski definition) is 1. The van der Waals surface area contributed by atoms with Crippen molar-refractivity contribution >= 4 is 11.8 Å². The predicted octanol–water partition coefficient (Wildman–Crippen LogP) is 5.42. The normalized spacial score (nSPS) is 10.7. The second-order valence-corrected chi connectivity index (χ2v) is 6.24. The summed E-state index contributed by atoms with van der Waals surface area (Å²) in [6.45, 7) is 2.23. The summed E-state index contributed by atoms with van der Waals surface area (Å²) in [6.07, 6.45) is 10.6. The Morgan fingerprint density at radius 2 is 1.43 bits per heavy atom. The van der Waals surface area contributed by atoms with Gasteiger partial charge in [-0.15, -0.1) is 0 Å². The summed E-state index contributed by atoms with van der Waals surface area (Å²) in [4.78, 5) is 22.4. The molecule has 23 heavy (non-hydrogen) atoms. The van der Waals surface area contributed by atoms with E-state index in [-0.39, 0.29) is 12.2 Å². The SMILES string of the molecule is CCCCCCCCc1ccc(C(=O)CCCCC(=O)O)cc1. The fourth-order valence-electron chi connectivity index (χ4n) is 2.67. The minimum atomic E-state index is -0.795. The highest BCUT2D eigenvalue weighted by Crippen LogP contribution is 2.13. The zero-order chi connectivity index (χ0) is 16.9. The van der Waals surface area contributed by atoms with Gasteiger partial charge < -0.3 is 5.11 Å². The molecule has 128 valence electrons. The van der Waals surface area contributed by atoms with Crippen molar-refractivity contribution in [1.29, 1.82) is 0 Å². The lowest BCUT2D eigenvalue weighted by Gasteiger charge is -2.04. The van der Waals surface area contributed by atoms with E-state index in [1.54, 1.807) is 0 Å². The summed E-state index contributed by atoms with van der Waals surface area (Å²) < 4.78 is 0. The molecule has 1 N–H and O–H groups in total. The van der Waals surface area contributed by atoms with Crippen LogP contribution in [-0.2, 0) is 11.2 Å². The van der Waals surface area contributed by atoms with Crippen LogP contribution in [0.3, 0.4) is 0 Å². The van der Waals surface area contributed by atoms with Crippen LogP contribution in [0.15, 0.2) is 24.3 Å². The molecule has 3 heteroatoms. The van der Waals surface area contributed by atoms with Crippen LogP contribution in [0.25, 0.3) is 0 Å². The summed E-state index contributed by atoms with van der Waals surface area (Å²) in [7, 11) is 0. The highest BCUT2D eigenvalue weighted by molar-refractivity contribution is 5.96. The van der Waals surface area contributed by atoms with E-state index in [1.165, 1.54) is 44.1 Å². The number of benzene rings is 1. The smallest absolute Gasteiger partial charge is 0.303 e. The van der Waals surface area contributed by atoms with Crippen LogP contribution in [0.5, 0.6) is 0 Å². The molecule has 3 nitrogen and oxygen atoms in total. The van der Waals surface area contributed by atoms with Crippen LogP contribution in [0.2, 0.25) is 0 Å². The van der Waals surface area contributed by atoms with Gasteiger partial charge in [0, 0.05) is 18.4 Å². The van der Waals surface area contributed by atoms with E-state index < -0.39 is 5.97 Å². The third-order valence-corrected chi connectivity index (χ3v) is 4.14. The molecule has 0 aliphatic rings. The topological polar surface area (TPSA) is 54.4 Å². The first-order valence-corrected chi connectivity index (χ1v) is 8.97. The number of hydrogen-bond acceptors (Lipinski definition) is 2. The lowest BCUT2D eigenvalue weighted by atomic mass is 10.0. The van der Waals surface area contributed by atoms with E-state index in [9.17, 15) is 9.59 Å². The first-order valence-electron chi connectivity index (χ1n) is 8.97. The molecule has 0 aliphatic heterocycles. The third-order valence-electron chi connectivity index (χ3n) is 4.14. The highest BCUT2D eigenvalue weighted by Gasteiger charge is 2.06. The van der Waals surface area contributed by atoms with Crippen LogP contribution < -0.4 is 0 Å². The molecule has 0 saturated carbocycles. The van der Waals surface area contributed by atoms with Gasteiger partial charge >= 0.3 is 5.97 Å². The monoisotopic (exact) mass is 318 g/mol. The van der Waals surface area contributed by atoms with Crippen molar-refractivity contribution in [3.05, 3.63) is 35.4 Å². The minimum absolute atomic E-state index is 0.113. The molecule has 0 saturated heterocycles. The standard InChI is InChI=1S/C20H30O3/c1-2-3-4-5-6-7-10-17-13-15-18(16-14-17)19(21)11-8-9-12-20(22)23/h13-16H,2-12H2,1H3,(H,22,23). The van der Waals surface area contributed by atoms with E-state index in [0.29, 0.717) is 19.3 Å². The van der Waals surface area contributed by atoms with Crippen molar-refractivity contribution in [3.8, 4) is 0 Å². The Labute approximate surface area is 140 Å². The van der Waals surface area contributed by atoms with Crippen molar-refractivity contribution in [3.63, 3.8) is 0 Å². The molecule has 0 atom stereocenters. The molecule has 0 spiro atoms. The molecule has 0 aliphatic carbocycles. The van der Waals surface area contributed by atoms with Gasteiger partial charge in [-0.1, -0.05) is 63.3 Å². The van der Waals surface area contributed by atoms with E-state index in [4.69, 9.17) is 5.11 Å². The number of aliphatic carboxylic acids is 1. The number of aryl methyl sites for hydroxylation is 1. The average molecular weight is 318 g/mol. The number of carbonyl (C=O) groups is 2. The molecule has 0 amide bonds. The maximum absolute atomic E-state index is 12.0. The Kier molecular flexibility index (Phi) is 10.0. The summed E-state index contributed by atoms with van der Waals surface area (Å²) in [5, 5.41) is 8.57. The minimum Gasteiger partial charge on any atom is -0.481 e. The van der Waals surface area contributed by atoms with Gasteiger partial charge in [-0.3, -0.25) is 9.59 Å². The molecule has 0 bridgehead atoms. The molecule has 0 radical (unpaired) electrons. The average Bonchev–Trinajstić information content (AvgIpc) is 2.55. The van der Waals surface area contributed by atoms with Crippen molar-refractivity contribution in [2.45, 2.75) is 77.6 Å². The molecule has 0 fully saturated rings.